The fourth-order valence-corrected chi connectivity index (χ4v) is 4.14. The van der Waals surface area contributed by atoms with Gasteiger partial charge in [0.15, 0.2) is 11.5 Å². The monoisotopic (exact) mass is 371 g/mol. The van der Waals surface area contributed by atoms with Crippen LogP contribution in [0.25, 0.3) is 22.4 Å². The minimum Gasteiger partial charge on any atom is -0.493 e. The maximum absolute atomic E-state index is 5.56. The lowest BCUT2D eigenvalue weighted by atomic mass is 10.0. The summed E-state index contributed by atoms with van der Waals surface area (Å²) in [5, 5.41) is 0. The number of imidazole rings is 1. The van der Waals surface area contributed by atoms with Crippen molar-refractivity contribution in [1.29, 1.82) is 0 Å². The van der Waals surface area contributed by atoms with Crippen LogP contribution in [0.5, 0.6) is 11.5 Å². The Bertz CT molecular complexity index is 1180. The van der Waals surface area contributed by atoms with Crippen LogP contribution < -0.4 is 14.4 Å². The van der Waals surface area contributed by atoms with E-state index in [2.05, 4.69) is 65.0 Å². The van der Waals surface area contributed by atoms with Gasteiger partial charge in [-0.15, -0.1) is 0 Å². The summed E-state index contributed by atoms with van der Waals surface area (Å²) in [6, 6.07) is 22.8. The molecule has 0 bridgehead atoms. The van der Waals surface area contributed by atoms with Crippen LogP contribution in [-0.4, -0.2) is 30.8 Å². The molecule has 2 heterocycles. The number of hydrogen-bond donors (Lipinski definition) is 0. The van der Waals surface area contributed by atoms with Crippen LogP contribution in [0, 0.1) is 0 Å². The summed E-state index contributed by atoms with van der Waals surface area (Å²) >= 11 is 0. The van der Waals surface area contributed by atoms with Gasteiger partial charge < -0.3 is 14.4 Å². The molecule has 0 amide bonds. The Morgan fingerprint density at radius 3 is 2.43 bits per heavy atom. The molecule has 0 N–H and O–H groups in total. The van der Waals surface area contributed by atoms with Crippen LogP contribution in [0.1, 0.15) is 11.7 Å². The first kappa shape index (κ1) is 16.7. The second-order valence-corrected chi connectivity index (χ2v) is 6.91. The van der Waals surface area contributed by atoms with E-state index in [0.717, 1.165) is 45.2 Å². The smallest absolute Gasteiger partial charge is 0.161 e. The molecule has 0 aliphatic carbocycles. The van der Waals surface area contributed by atoms with Crippen LogP contribution in [0.15, 0.2) is 66.7 Å². The van der Waals surface area contributed by atoms with E-state index in [4.69, 9.17) is 14.5 Å². The molecule has 28 heavy (non-hydrogen) atoms. The zero-order valence-corrected chi connectivity index (χ0v) is 16.1. The van der Waals surface area contributed by atoms with Crippen molar-refractivity contribution in [2.75, 3.05) is 26.2 Å². The number of nitrogens with zero attached hydrogens (tertiary/aromatic N) is 3. The van der Waals surface area contributed by atoms with Crippen molar-refractivity contribution < 1.29 is 9.47 Å². The van der Waals surface area contributed by atoms with Crippen molar-refractivity contribution in [2.24, 2.45) is 0 Å². The molecule has 0 spiro atoms. The van der Waals surface area contributed by atoms with Crippen LogP contribution in [0.2, 0.25) is 0 Å². The van der Waals surface area contributed by atoms with Crippen LogP contribution in [-0.2, 0) is 0 Å². The van der Waals surface area contributed by atoms with Gasteiger partial charge in [0.1, 0.15) is 12.0 Å². The lowest BCUT2D eigenvalue weighted by molar-refractivity contribution is 0.354. The number of hydrogen-bond acceptors (Lipinski definition) is 4. The second kappa shape index (κ2) is 6.30. The number of aromatic nitrogens is 2. The van der Waals surface area contributed by atoms with Gasteiger partial charge in [0.2, 0.25) is 0 Å². The summed E-state index contributed by atoms with van der Waals surface area (Å²) in [4.78, 5) is 7.25. The minimum absolute atomic E-state index is 0.0443. The third-order valence-corrected chi connectivity index (χ3v) is 5.44. The predicted octanol–water partition coefficient (Wildman–Crippen LogP) is 4.72. The Balaban J connectivity index is 1.80. The van der Waals surface area contributed by atoms with E-state index in [1.165, 1.54) is 0 Å². The van der Waals surface area contributed by atoms with Gasteiger partial charge in [0, 0.05) is 18.3 Å². The number of fused-ring (bicyclic) bond motifs is 5. The molecule has 1 aromatic heterocycles. The first-order valence-corrected chi connectivity index (χ1v) is 9.24. The number of benzene rings is 3. The predicted molar refractivity (Wildman–Crippen MR) is 111 cm³/mol. The molecular weight excluding hydrogens is 350 g/mol. The standard InChI is InChI=1S/C23H21N3O2/c1-25-18-10-6-4-8-16(18)22-24-17-9-5-7-11-19(17)26(22)23(25)15-12-13-20(27-2)21(14-15)28-3/h4-14,23H,1-3H3/t23-/m1/s1. The fraction of sp³-hybridized carbons (Fsp3) is 0.174. The molecule has 0 saturated heterocycles. The maximum Gasteiger partial charge on any atom is 0.161 e. The van der Waals surface area contributed by atoms with E-state index in [-0.39, 0.29) is 6.17 Å². The average Bonchev–Trinajstić information content (AvgIpc) is 3.13. The quantitative estimate of drug-likeness (QED) is 0.523. The topological polar surface area (TPSA) is 39.5 Å². The molecule has 140 valence electrons. The molecule has 0 saturated carbocycles. The first-order valence-electron chi connectivity index (χ1n) is 9.24. The number of rotatable bonds is 3. The van der Waals surface area contributed by atoms with E-state index in [0.29, 0.717) is 0 Å². The molecule has 0 radical (unpaired) electrons. The SMILES string of the molecule is COc1ccc([C@@H]2N(C)c3ccccc3-c3nc4ccccc4n32)cc1OC. The molecule has 0 fully saturated rings. The van der Waals surface area contributed by atoms with Crippen molar-refractivity contribution in [3.8, 4) is 22.9 Å². The molecule has 4 aromatic rings. The minimum atomic E-state index is -0.0443. The number of methoxy groups -OCH3 is 2. The highest BCUT2D eigenvalue weighted by atomic mass is 16.5. The Labute approximate surface area is 163 Å². The van der Waals surface area contributed by atoms with Crippen LogP contribution >= 0.6 is 0 Å². The van der Waals surface area contributed by atoms with Crippen molar-refractivity contribution in [2.45, 2.75) is 6.17 Å². The summed E-state index contributed by atoms with van der Waals surface area (Å²) in [6.45, 7) is 0. The molecular formula is C23H21N3O2. The van der Waals surface area contributed by atoms with E-state index < -0.39 is 0 Å². The highest BCUT2D eigenvalue weighted by Gasteiger charge is 2.32. The van der Waals surface area contributed by atoms with Gasteiger partial charge >= 0.3 is 0 Å². The highest BCUT2D eigenvalue weighted by molar-refractivity contribution is 5.87. The van der Waals surface area contributed by atoms with E-state index in [1.807, 2.05) is 18.2 Å². The van der Waals surface area contributed by atoms with Crippen molar-refractivity contribution in [3.05, 3.63) is 72.3 Å². The second-order valence-electron chi connectivity index (χ2n) is 6.91. The Hall–Kier alpha value is -3.47. The summed E-state index contributed by atoms with van der Waals surface area (Å²) in [7, 11) is 5.44. The van der Waals surface area contributed by atoms with Crippen molar-refractivity contribution >= 4 is 16.7 Å². The average molecular weight is 371 g/mol. The van der Waals surface area contributed by atoms with Crippen molar-refractivity contribution in [3.63, 3.8) is 0 Å². The maximum atomic E-state index is 5.56. The van der Waals surface area contributed by atoms with Gasteiger partial charge in [-0.2, -0.15) is 0 Å². The molecule has 1 aliphatic heterocycles. The van der Waals surface area contributed by atoms with Gasteiger partial charge in [-0.25, -0.2) is 4.98 Å². The van der Waals surface area contributed by atoms with Gasteiger partial charge in [-0.05, 0) is 42.0 Å². The number of para-hydroxylation sites is 3. The van der Waals surface area contributed by atoms with Crippen molar-refractivity contribution in [1.82, 2.24) is 9.55 Å². The summed E-state index contributed by atoms with van der Waals surface area (Å²) in [6.07, 6.45) is -0.0443. The third-order valence-electron chi connectivity index (χ3n) is 5.44. The Morgan fingerprint density at radius 2 is 1.61 bits per heavy atom. The molecule has 5 rings (SSSR count). The summed E-state index contributed by atoms with van der Waals surface area (Å²) < 4.78 is 13.3. The van der Waals surface area contributed by atoms with Crippen LogP contribution in [0.4, 0.5) is 5.69 Å². The first-order chi connectivity index (χ1) is 13.7. The van der Waals surface area contributed by atoms with Gasteiger partial charge in [0.05, 0.1) is 25.3 Å². The van der Waals surface area contributed by atoms with Crippen LogP contribution in [0.3, 0.4) is 0 Å². The lowest BCUT2D eigenvalue weighted by Gasteiger charge is -2.38. The van der Waals surface area contributed by atoms with E-state index in [1.54, 1.807) is 14.2 Å². The molecule has 1 atom stereocenters. The summed E-state index contributed by atoms with van der Waals surface area (Å²) in [5.41, 5.74) is 5.51. The van der Waals surface area contributed by atoms with Gasteiger partial charge in [-0.1, -0.05) is 30.3 Å². The Kier molecular flexibility index (Phi) is 3.76. The number of anilines is 1. The lowest BCUT2D eigenvalue weighted by Crippen LogP contribution is -2.34. The fourth-order valence-electron chi connectivity index (χ4n) is 4.14. The molecule has 5 heteroatoms. The van der Waals surface area contributed by atoms with Gasteiger partial charge in [-0.3, -0.25) is 4.57 Å². The van der Waals surface area contributed by atoms with E-state index in [9.17, 15) is 0 Å². The molecule has 3 aromatic carbocycles. The zero-order chi connectivity index (χ0) is 19.3. The zero-order valence-electron chi connectivity index (χ0n) is 16.1. The van der Waals surface area contributed by atoms with Gasteiger partial charge in [0.25, 0.3) is 0 Å². The molecule has 1 aliphatic rings. The normalized spacial score (nSPS) is 15.2. The molecule has 5 nitrogen and oxygen atoms in total. The third kappa shape index (κ3) is 2.29. The highest BCUT2D eigenvalue weighted by Crippen LogP contribution is 2.44. The van der Waals surface area contributed by atoms with E-state index >= 15 is 0 Å². The summed E-state index contributed by atoms with van der Waals surface area (Å²) in [5.74, 6) is 2.42. The Morgan fingerprint density at radius 1 is 0.857 bits per heavy atom. The molecule has 0 unspecified atom stereocenters. The number of ether oxygens (including phenoxy) is 2. The largest absolute Gasteiger partial charge is 0.493 e.